The van der Waals surface area contributed by atoms with Crippen LogP contribution in [0.2, 0.25) is 0 Å². The Morgan fingerprint density at radius 3 is 2.65 bits per heavy atom. The van der Waals surface area contributed by atoms with Crippen molar-refractivity contribution in [1.82, 2.24) is 4.90 Å². The van der Waals surface area contributed by atoms with Crippen LogP contribution in [0.3, 0.4) is 0 Å². The molecule has 0 saturated carbocycles. The van der Waals surface area contributed by atoms with E-state index in [1.54, 1.807) is 6.08 Å². The number of halogens is 2. The maximum absolute atomic E-state index is 13.5. The lowest BCUT2D eigenvalue weighted by molar-refractivity contribution is -0.142. The van der Waals surface area contributed by atoms with Crippen LogP contribution < -0.4 is 0 Å². The zero-order valence-corrected chi connectivity index (χ0v) is 12.7. The minimum atomic E-state index is -1.59. The monoisotopic (exact) mass is 319 g/mol. The van der Waals surface area contributed by atoms with E-state index in [4.69, 9.17) is 0 Å². The Hall–Kier alpha value is -2.01. The van der Waals surface area contributed by atoms with E-state index in [2.05, 4.69) is 4.90 Å². The summed E-state index contributed by atoms with van der Waals surface area (Å²) in [6, 6.07) is 9.82. The molecule has 1 aliphatic heterocycles. The number of rotatable bonds is 4. The van der Waals surface area contributed by atoms with Crippen molar-refractivity contribution in [2.24, 2.45) is 11.8 Å². The van der Waals surface area contributed by atoms with Crippen molar-refractivity contribution in [2.75, 3.05) is 13.1 Å². The van der Waals surface area contributed by atoms with Gasteiger partial charge in [0, 0.05) is 32.0 Å². The van der Waals surface area contributed by atoms with Gasteiger partial charge in [0.25, 0.3) is 0 Å². The third-order valence-corrected chi connectivity index (χ3v) is 4.55. The maximum Gasteiger partial charge on any atom is 0.308 e. The second kappa shape index (κ2) is 6.62. The molecule has 1 saturated heterocycles. The number of alkyl halides is 1. The molecule has 1 aliphatic carbocycles. The third kappa shape index (κ3) is 3.50. The Morgan fingerprint density at radius 1 is 1.26 bits per heavy atom. The van der Waals surface area contributed by atoms with Crippen LogP contribution in [0.4, 0.5) is 8.78 Å². The summed E-state index contributed by atoms with van der Waals surface area (Å²) in [5, 5.41) is 9.47. The lowest BCUT2D eigenvalue weighted by Crippen LogP contribution is -2.24. The van der Waals surface area contributed by atoms with Crippen molar-refractivity contribution in [1.29, 1.82) is 0 Å². The Bertz CT molecular complexity index is 642. The summed E-state index contributed by atoms with van der Waals surface area (Å²) in [6.07, 6.45) is 1.21. The van der Waals surface area contributed by atoms with Gasteiger partial charge in [0.15, 0.2) is 6.17 Å². The average molecular weight is 319 g/mol. The summed E-state index contributed by atoms with van der Waals surface area (Å²) in [7, 11) is 0. The van der Waals surface area contributed by atoms with E-state index in [1.807, 2.05) is 30.3 Å². The summed E-state index contributed by atoms with van der Waals surface area (Å²) in [5.74, 6) is -2.57. The van der Waals surface area contributed by atoms with Gasteiger partial charge in [0.2, 0.25) is 0 Å². The molecule has 2 aliphatic rings. The molecule has 23 heavy (non-hydrogen) atoms. The van der Waals surface area contributed by atoms with Gasteiger partial charge < -0.3 is 5.11 Å². The third-order valence-electron chi connectivity index (χ3n) is 4.55. The van der Waals surface area contributed by atoms with Crippen molar-refractivity contribution in [3.05, 3.63) is 59.4 Å². The molecule has 1 fully saturated rings. The summed E-state index contributed by atoms with van der Waals surface area (Å²) >= 11 is 0. The van der Waals surface area contributed by atoms with Crippen molar-refractivity contribution in [3.8, 4) is 0 Å². The number of carboxylic acids is 1. The second-order valence-electron chi connectivity index (χ2n) is 6.17. The number of allylic oxidation sites excluding steroid dienone is 3. The molecule has 1 heterocycles. The number of benzene rings is 1. The largest absolute Gasteiger partial charge is 0.481 e. The molecule has 1 aromatic carbocycles. The van der Waals surface area contributed by atoms with Gasteiger partial charge in [0.05, 0.1) is 5.92 Å². The molecule has 5 heteroatoms. The minimum Gasteiger partial charge on any atom is -0.481 e. The fourth-order valence-electron chi connectivity index (χ4n) is 3.36. The maximum atomic E-state index is 13.5. The van der Waals surface area contributed by atoms with E-state index in [0.29, 0.717) is 25.2 Å². The Kier molecular flexibility index (Phi) is 4.57. The molecule has 0 radical (unpaired) electrons. The highest BCUT2D eigenvalue weighted by Crippen LogP contribution is 2.35. The van der Waals surface area contributed by atoms with Gasteiger partial charge >= 0.3 is 5.97 Å². The first-order valence-corrected chi connectivity index (χ1v) is 7.75. The van der Waals surface area contributed by atoms with Gasteiger partial charge in [0.1, 0.15) is 5.83 Å². The SMILES string of the molecule is O=C(O)C1CN(Cc2ccccc2)CC1C1=CCC(F)C(F)=C1. The molecular weight excluding hydrogens is 300 g/mol. The number of nitrogens with zero attached hydrogens (tertiary/aromatic N) is 1. The highest BCUT2D eigenvalue weighted by molar-refractivity contribution is 5.72. The fourth-order valence-corrected chi connectivity index (χ4v) is 3.36. The van der Waals surface area contributed by atoms with Gasteiger partial charge in [-0.3, -0.25) is 9.69 Å². The highest BCUT2D eigenvalue weighted by Gasteiger charge is 2.39. The summed E-state index contributed by atoms with van der Waals surface area (Å²) in [4.78, 5) is 13.6. The Labute approximate surface area is 133 Å². The van der Waals surface area contributed by atoms with Crippen LogP contribution in [0, 0.1) is 11.8 Å². The van der Waals surface area contributed by atoms with E-state index < -0.39 is 23.9 Å². The molecule has 0 spiro atoms. The topological polar surface area (TPSA) is 40.5 Å². The molecule has 1 N–H and O–H groups in total. The Morgan fingerprint density at radius 2 is 2.00 bits per heavy atom. The number of carboxylic acid groups (broad SMARTS) is 1. The molecule has 0 aromatic heterocycles. The van der Waals surface area contributed by atoms with E-state index in [9.17, 15) is 18.7 Å². The molecule has 3 unspecified atom stereocenters. The second-order valence-corrected chi connectivity index (χ2v) is 6.17. The van der Waals surface area contributed by atoms with Gasteiger partial charge in [-0.2, -0.15) is 0 Å². The van der Waals surface area contributed by atoms with E-state index in [0.717, 1.165) is 5.56 Å². The van der Waals surface area contributed by atoms with Gasteiger partial charge in [-0.05, 0) is 17.2 Å². The number of aliphatic carboxylic acids is 1. The van der Waals surface area contributed by atoms with Gasteiger partial charge in [-0.1, -0.05) is 36.4 Å². The smallest absolute Gasteiger partial charge is 0.308 e. The highest BCUT2D eigenvalue weighted by atomic mass is 19.2. The lowest BCUT2D eigenvalue weighted by Gasteiger charge is -2.20. The number of carbonyl (C=O) groups is 1. The van der Waals surface area contributed by atoms with Gasteiger partial charge in [-0.15, -0.1) is 0 Å². The average Bonchev–Trinajstić information content (AvgIpc) is 2.95. The van der Waals surface area contributed by atoms with Crippen LogP contribution in [-0.2, 0) is 11.3 Å². The first-order valence-electron chi connectivity index (χ1n) is 7.75. The van der Waals surface area contributed by atoms with Crippen molar-refractivity contribution in [3.63, 3.8) is 0 Å². The predicted molar refractivity (Wildman–Crippen MR) is 83.1 cm³/mol. The molecule has 0 bridgehead atoms. The van der Waals surface area contributed by atoms with Crippen LogP contribution >= 0.6 is 0 Å². The first kappa shape index (κ1) is 15.9. The molecule has 3 atom stereocenters. The molecule has 1 aromatic rings. The zero-order chi connectivity index (χ0) is 16.4. The quantitative estimate of drug-likeness (QED) is 0.925. The van der Waals surface area contributed by atoms with E-state index >= 15 is 0 Å². The van der Waals surface area contributed by atoms with E-state index in [1.165, 1.54) is 6.08 Å². The van der Waals surface area contributed by atoms with Crippen LogP contribution in [0.15, 0.2) is 53.9 Å². The summed E-state index contributed by atoms with van der Waals surface area (Å²) < 4.78 is 26.8. The first-order chi connectivity index (χ1) is 11.0. The van der Waals surface area contributed by atoms with Crippen LogP contribution in [0.1, 0.15) is 12.0 Å². The van der Waals surface area contributed by atoms with Crippen LogP contribution in [0.25, 0.3) is 0 Å². The standard InChI is InChI=1S/C18H19F2NO2/c19-16-7-6-13(8-17(16)20)14-10-21(11-15(14)18(22)23)9-12-4-2-1-3-5-12/h1-6,8,14-16H,7,9-11H2,(H,22,23). The number of hydrogen-bond donors (Lipinski definition) is 1. The van der Waals surface area contributed by atoms with Crippen molar-refractivity contribution >= 4 is 5.97 Å². The fraction of sp³-hybridized carbons (Fsp3) is 0.389. The zero-order valence-electron chi connectivity index (χ0n) is 12.7. The summed E-state index contributed by atoms with van der Waals surface area (Å²) in [5.41, 5.74) is 1.72. The van der Waals surface area contributed by atoms with Gasteiger partial charge in [-0.25, -0.2) is 8.78 Å². The Balaban J connectivity index is 1.76. The van der Waals surface area contributed by atoms with Crippen molar-refractivity contribution in [2.45, 2.75) is 19.1 Å². The van der Waals surface area contributed by atoms with Crippen molar-refractivity contribution < 1.29 is 18.7 Å². The molecule has 0 amide bonds. The minimum absolute atomic E-state index is 0.0147. The number of likely N-dealkylation sites (tertiary alicyclic amines) is 1. The number of hydrogen-bond acceptors (Lipinski definition) is 2. The molecule has 3 nitrogen and oxygen atoms in total. The summed E-state index contributed by atoms with van der Waals surface area (Å²) in [6.45, 7) is 1.62. The lowest BCUT2D eigenvalue weighted by atomic mass is 9.85. The van der Waals surface area contributed by atoms with E-state index in [-0.39, 0.29) is 12.3 Å². The normalized spacial score (nSPS) is 28.3. The predicted octanol–water partition coefficient (Wildman–Crippen LogP) is 3.34. The molecule has 3 rings (SSSR count). The van der Waals surface area contributed by atoms with Crippen LogP contribution in [-0.4, -0.2) is 35.2 Å². The molecular formula is C18H19F2NO2. The van der Waals surface area contributed by atoms with Crippen LogP contribution in [0.5, 0.6) is 0 Å². The molecule has 122 valence electrons.